The van der Waals surface area contributed by atoms with E-state index in [0.717, 1.165) is 61.3 Å². The Bertz CT molecular complexity index is 3490. The van der Waals surface area contributed by atoms with Crippen LogP contribution >= 0.6 is 0 Å². The van der Waals surface area contributed by atoms with Crippen LogP contribution in [0.1, 0.15) is 25.0 Å². The quantitative estimate of drug-likeness (QED) is 0.160. The van der Waals surface area contributed by atoms with E-state index in [2.05, 4.69) is 243 Å². The van der Waals surface area contributed by atoms with Gasteiger partial charge in [0.25, 0.3) is 0 Å². The summed E-state index contributed by atoms with van der Waals surface area (Å²) in [5.74, 6) is 0. The molecule has 2 heteroatoms. The number of anilines is 3. The molecule has 63 heavy (non-hydrogen) atoms. The molecule has 2 nitrogen and oxygen atoms in total. The Morgan fingerprint density at radius 2 is 0.841 bits per heavy atom. The van der Waals surface area contributed by atoms with Crippen molar-refractivity contribution in [3.8, 4) is 55.6 Å². The second kappa shape index (κ2) is 14.6. The van der Waals surface area contributed by atoms with Crippen molar-refractivity contribution in [2.45, 2.75) is 19.3 Å². The third-order valence-corrected chi connectivity index (χ3v) is 13.3. The first kappa shape index (κ1) is 36.9. The minimum atomic E-state index is -0.114. The number of hydrogen-bond donors (Lipinski definition) is 0. The molecular formula is C61H43NO. The first-order chi connectivity index (χ1) is 31.0. The molecule has 0 amide bonds. The van der Waals surface area contributed by atoms with E-state index in [4.69, 9.17) is 4.42 Å². The molecule has 0 aliphatic heterocycles. The van der Waals surface area contributed by atoms with Crippen molar-refractivity contribution in [3.63, 3.8) is 0 Å². The first-order valence-corrected chi connectivity index (χ1v) is 21.8. The Balaban J connectivity index is 0.970. The van der Waals surface area contributed by atoms with Crippen molar-refractivity contribution < 1.29 is 4.42 Å². The number of benzene rings is 10. The van der Waals surface area contributed by atoms with Gasteiger partial charge in [-0.05, 0) is 109 Å². The predicted molar refractivity (Wildman–Crippen MR) is 265 cm³/mol. The zero-order valence-electron chi connectivity index (χ0n) is 35.2. The number of furan rings is 1. The van der Waals surface area contributed by atoms with Gasteiger partial charge in [0.15, 0.2) is 0 Å². The Labute approximate surface area is 368 Å². The summed E-state index contributed by atoms with van der Waals surface area (Å²) in [7, 11) is 0. The van der Waals surface area contributed by atoms with Crippen LogP contribution in [0.15, 0.2) is 229 Å². The summed E-state index contributed by atoms with van der Waals surface area (Å²) in [5.41, 5.74) is 19.6. The van der Waals surface area contributed by atoms with Crippen LogP contribution < -0.4 is 4.90 Å². The highest BCUT2D eigenvalue weighted by Gasteiger charge is 2.35. The molecule has 0 unspecified atom stereocenters. The van der Waals surface area contributed by atoms with Crippen molar-refractivity contribution in [2.75, 3.05) is 4.90 Å². The molecule has 0 saturated heterocycles. The highest BCUT2D eigenvalue weighted by molar-refractivity contribution is 6.20. The number of nitrogens with zero attached hydrogens (tertiary/aromatic N) is 1. The Hall–Kier alpha value is -7.94. The molecule has 10 aromatic carbocycles. The third kappa shape index (κ3) is 6.09. The lowest BCUT2D eigenvalue weighted by atomic mass is 9.82. The predicted octanol–water partition coefficient (Wildman–Crippen LogP) is 17.2. The molecule has 1 aliphatic carbocycles. The molecule has 0 N–H and O–H groups in total. The number of rotatable bonds is 7. The monoisotopic (exact) mass is 805 g/mol. The molecule has 1 aromatic heterocycles. The molecule has 0 bridgehead atoms. The van der Waals surface area contributed by atoms with Crippen LogP contribution in [-0.4, -0.2) is 0 Å². The summed E-state index contributed by atoms with van der Waals surface area (Å²) in [6.45, 7) is 4.70. The van der Waals surface area contributed by atoms with E-state index in [1.165, 1.54) is 55.3 Å². The lowest BCUT2D eigenvalue weighted by molar-refractivity contribution is 0.660. The lowest BCUT2D eigenvalue weighted by Crippen LogP contribution is -2.16. The van der Waals surface area contributed by atoms with Crippen LogP contribution in [0.3, 0.4) is 0 Å². The summed E-state index contributed by atoms with van der Waals surface area (Å²) in [6.07, 6.45) is 0. The molecule has 1 aliphatic rings. The minimum absolute atomic E-state index is 0.114. The molecule has 0 radical (unpaired) electrons. The largest absolute Gasteiger partial charge is 0.455 e. The zero-order chi connectivity index (χ0) is 42.1. The van der Waals surface area contributed by atoms with Gasteiger partial charge in [-0.2, -0.15) is 0 Å². The maximum atomic E-state index is 7.09. The van der Waals surface area contributed by atoms with Gasteiger partial charge in [-0.1, -0.05) is 196 Å². The van der Waals surface area contributed by atoms with E-state index in [-0.39, 0.29) is 5.41 Å². The van der Waals surface area contributed by atoms with Crippen LogP contribution in [0.5, 0.6) is 0 Å². The van der Waals surface area contributed by atoms with Gasteiger partial charge in [-0.15, -0.1) is 0 Å². The lowest BCUT2D eigenvalue weighted by Gasteiger charge is -2.28. The normalized spacial score (nSPS) is 12.7. The molecule has 298 valence electrons. The van der Waals surface area contributed by atoms with Crippen LogP contribution in [0.4, 0.5) is 17.1 Å². The topological polar surface area (TPSA) is 16.4 Å². The Kier molecular flexibility index (Phi) is 8.55. The summed E-state index contributed by atoms with van der Waals surface area (Å²) < 4.78 is 7.09. The highest BCUT2D eigenvalue weighted by atomic mass is 16.3. The molecule has 0 fully saturated rings. The van der Waals surface area contributed by atoms with E-state index < -0.39 is 0 Å². The fraction of sp³-hybridized carbons (Fsp3) is 0.0492. The van der Waals surface area contributed by atoms with Gasteiger partial charge in [0.2, 0.25) is 0 Å². The maximum absolute atomic E-state index is 7.09. The molecule has 0 atom stereocenters. The van der Waals surface area contributed by atoms with E-state index in [1.54, 1.807) is 0 Å². The Morgan fingerprint density at radius 3 is 1.54 bits per heavy atom. The van der Waals surface area contributed by atoms with Gasteiger partial charge in [0, 0.05) is 44.4 Å². The van der Waals surface area contributed by atoms with Crippen LogP contribution in [-0.2, 0) is 5.41 Å². The second-order valence-corrected chi connectivity index (χ2v) is 17.3. The van der Waals surface area contributed by atoms with Crippen LogP contribution in [0, 0.1) is 0 Å². The molecule has 0 spiro atoms. The summed E-state index contributed by atoms with van der Waals surface area (Å²) in [4.78, 5) is 2.39. The number of para-hydroxylation sites is 1. The molecular weight excluding hydrogens is 763 g/mol. The fourth-order valence-corrected chi connectivity index (χ4v) is 10.1. The summed E-state index contributed by atoms with van der Waals surface area (Å²) in [6, 6.07) is 81.4. The van der Waals surface area contributed by atoms with Gasteiger partial charge in [-0.25, -0.2) is 0 Å². The van der Waals surface area contributed by atoms with E-state index in [1.807, 2.05) is 0 Å². The molecule has 0 saturated carbocycles. The fourth-order valence-electron chi connectivity index (χ4n) is 10.1. The average Bonchev–Trinajstić information content (AvgIpc) is 3.83. The Morgan fingerprint density at radius 1 is 0.333 bits per heavy atom. The van der Waals surface area contributed by atoms with Crippen LogP contribution in [0.25, 0.3) is 88.3 Å². The van der Waals surface area contributed by atoms with Crippen molar-refractivity contribution in [3.05, 3.63) is 236 Å². The number of fused-ring (bicyclic) bond motifs is 7. The van der Waals surface area contributed by atoms with Gasteiger partial charge >= 0.3 is 0 Å². The van der Waals surface area contributed by atoms with Gasteiger partial charge in [-0.3, -0.25) is 0 Å². The standard InChI is InChI=1S/C61H43NO/c1-61(2)56-23-12-11-20-52(56)53-37-36-49(39-57(53)61)62(47-32-28-43(29-33-47)41-16-7-4-8-17-41)48-34-30-44(31-35-48)51-21-13-22-54-55-38-46-18-9-10-19-50(46)58(60(55)63-59(51)54)45-26-24-42(25-27-45)40-14-5-3-6-15-40/h3-39H,1-2H3. The molecule has 1 heterocycles. The van der Waals surface area contributed by atoms with Gasteiger partial charge in [0.05, 0.1) is 0 Å². The maximum Gasteiger partial charge on any atom is 0.143 e. The summed E-state index contributed by atoms with van der Waals surface area (Å²) in [5, 5.41) is 4.61. The van der Waals surface area contributed by atoms with Crippen molar-refractivity contribution in [1.29, 1.82) is 0 Å². The highest BCUT2D eigenvalue weighted by Crippen LogP contribution is 2.51. The van der Waals surface area contributed by atoms with Crippen LogP contribution in [0.2, 0.25) is 0 Å². The average molecular weight is 806 g/mol. The van der Waals surface area contributed by atoms with Gasteiger partial charge in [0.1, 0.15) is 11.2 Å². The van der Waals surface area contributed by atoms with E-state index in [9.17, 15) is 0 Å². The SMILES string of the molecule is CC1(C)c2ccccc2-c2ccc(N(c3ccc(-c4ccccc4)cc3)c3ccc(-c4cccc5c4oc4c(-c6ccc(-c7ccccc7)cc6)c6ccccc6cc45)cc3)cc21. The van der Waals surface area contributed by atoms with E-state index in [0.29, 0.717) is 0 Å². The smallest absolute Gasteiger partial charge is 0.143 e. The first-order valence-electron chi connectivity index (χ1n) is 21.8. The second-order valence-electron chi connectivity index (χ2n) is 17.3. The summed E-state index contributed by atoms with van der Waals surface area (Å²) >= 11 is 0. The minimum Gasteiger partial charge on any atom is -0.455 e. The van der Waals surface area contributed by atoms with Crippen molar-refractivity contribution >= 4 is 49.8 Å². The van der Waals surface area contributed by atoms with E-state index >= 15 is 0 Å². The molecule has 11 aromatic rings. The van der Waals surface area contributed by atoms with Gasteiger partial charge < -0.3 is 9.32 Å². The molecule has 12 rings (SSSR count). The van der Waals surface area contributed by atoms with Crippen molar-refractivity contribution in [1.82, 2.24) is 0 Å². The van der Waals surface area contributed by atoms with Crippen molar-refractivity contribution in [2.24, 2.45) is 0 Å². The third-order valence-electron chi connectivity index (χ3n) is 13.3. The zero-order valence-corrected chi connectivity index (χ0v) is 35.2. The number of hydrogen-bond acceptors (Lipinski definition) is 2.